The van der Waals surface area contributed by atoms with E-state index in [4.69, 9.17) is 9.05 Å². The maximum Gasteiger partial charge on any atom is 0.362 e. The molecule has 1 aromatic rings. The minimum atomic E-state index is -3.47. The van der Waals surface area contributed by atoms with Crippen molar-refractivity contribution < 1.29 is 18.7 Å². The van der Waals surface area contributed by atoms with Gasteiger partial charge in [-0.05, 0) is 18.1 Å². The number of hydrogen-bond donors (Lipinski definition) is 1. The quantitative estimate of drug-likeness (QED) is 0.807. The minimum Gasteiger partial charge on any atom is -0.376 e. The summed E-state index contributed by atoms with van der Waals surface area (Å²) in [4.78, 5) is 0. The monoisotopic (exact) mass is 230 g/mol. The van der Waals surface area contributed by atoms with Crippen LogP contribution in [0.5, 0.6) is 0 Å². The average Bonchev–Trinajstić information content (AvgIpc) is 2.28. The van der Waals surface area contributed by atoms with E-state index in [2.05, 4.69) is 0 Å². The van der Waals surface area contributed by atoms with E-state index < -0.39 is 13.4 Å². The number of aryl methyl sites for hydroxylation is 1. The van der Waals surface area contributed by atoms with E-state index in [1.54, 1.807) is 12.1 Å². The van der Waals surface area contributed by atoms with Crippen molar-refractivity contribution in [3.63, 3.8) is 0 Å². The lowest BCUT2D eigenvalue weighted by molar-refractivity contribution is 0.175. The van der Waals surface area contributed by atoms with Gasteiger partial charge in [0.05, 0.1) is 0 Å². The molecule has 0 aliphatic rings. The Balaban J connectivity index is 3.09. The molecule has 0 heterocycles. The molecule has 0 fully saturated rings. The summed E-state index contributed by atoms with van der Waals surface area (Å²) >= 11 is 0. The van der Waals surface area contributed by atoms with Gasteiger partial charge in [-0.15, -0.1) is 0 Å². The molecule has 0 amide bonds. The molecule has 0 radical (unpaired) electrons. The molecule has 0 saturated heterocycles. The van der Waals surface area contributed by atoms with Gasteiger partial charge in [-0.1, -0.05) is 24.3 Å². The van der Waals surface area contributed by atoms with Crippen LogP contribution in [0, 0.1) is 6.92 Å². The van der Waals surface area contributed by atoms with Crippen LogP contribution in [0.1, 0.15) is 17.0 Å². The van der Waals surface area contributed by atoms with Crippen molar-refractivity contribution in [1.29, 1.82) is 0 Å². The summed E-state index contributed by atoms with van der Waals surface area (Å²) in [7, 11) is -0.954. The summed E-state index contributed by atoms with van der Waals surface area (Å²) in [5.41, 5.74) is 1.41. The fourth-order valence-electron chi connectivity index (χ4n) is 1.32. The van der Waals surface area contributed by atoms with Crippen molar-refractivity contribution in [2.24, 2.45) is 0 Å². The highest BCUT2D eigenvalue weighted by atomic mass is 31.2. The van der Waals surface area contributed by atoms with E-state index >= 15 is 0 Å². The predicted molar refractivity (Wildman–Crippen MR) is 57.8 cm³/mol. The molecule has 0 aliphatic heterocycles. The van der Waals surface area contributed by atoms with E-state index in [1.165, 1.54) is 14.2 Å². The maximum absolute atomic E-state index is 11.9. The molecule has 5 heteroatoms. The zero-order valence-electron chi connectivity index (χ0n) is 9.01. The standard InChI is InChI=1S/C10H15O4P/c1-8-6-4-5-7-9(8)10(11)15(12,13-2)14-3/h4-7,10-11H,1-3H3. The number of benzene rings is 1. The Morgan fingerprint density at radius 1 is 1.27 bits per heavy atom. The van der Waals surface area contributed by atoms with Gasteiger partial charge < -0.3 is 14.2 Å². The fraction of sp³-hybridized carbons (Fsp3) is 0.400. The highest BCUT2D eigenvalue weighted by Crippen LogP contribution is 2.58. The first kappa shape index (κ1) is 12.4. The molecule has 4 nitrogen and oxygen atoms in total. The van der Waals surface area contributed by atoms with Crippen molar-refractivity contribution >= 4 is 7.60 Å². The normalized spacial score (nSPS) is 13.9. The summed E-state index contributed by atoms with van der Waals surface area (Å²) in [5.74, 6) is -1.24. The second-order valence-electron chi connectivity index (χ2n) is 3.14. The van der Waals surface area contributed by atoms with Crippen LogP contribution in [0.15, 0.2) is 24.3 Å². The summed E-state index contributed by atoms with van der Waals surface area (Å²) in [5, 5.41) is 9.91. The molecule has 0 aromatic heterocycles. The van der Waals surface area contributed by atoms with Crippen molar-refractivity contribution in [3.05, 3.63) is 35.4 Å². The molecule has 0 bridgehead atoms. The molecular formula is C10H15O4P. The third kappa shape index (κ3) is 2.47. The molecular weight excluding hydrogens is 215 g/mol. The number of aliphatic hydroxyl groups excluding tert-OH is 1. The van der Waals surface area contributed by atoms with Crippen LogP contribution in [0.3, 0.4) is 0 Å². The first-order valence-electron chi connectivity index (χ1n) is 4.50. The van der Waals surface area contributed by atoms with Crippen LogP contribution >= 0.6 is 7.60 Å². The third-order valence-corrected chi connectivity index (χ3v) is 4.17. The van der Waals surface area contributed by atoms with Crippen molar-refractivity contribution in [2.75, 3.05) is 14.2 Å². The molecule has 84 valence electrons. The summed E-state index contributed by atoms with van der Waals surface area (Å²) in [6.45, 7) is 1.83. The predicted octanol–water partition coefficient (Wildman–Crippen LogP) is 2.47. The van der Waals surface area contributed by atoms with Gasteiger partial charge in [-0.3, -0.25) is 4.57 Å². The minimum absolute atomic E-state index is 0.560. The molecule has 1 N–H and O–H groups in total. The van der Waals surface area contributed by atoms with Gasteiger partial charge in [-0.2, -0.15) is 0 Å². The fourth-order valence-corrected chi connectivity index (χ4v) is 2.50. The Bertz CT molecular complexity index is 369. The van der Waals surface area contributed by atoms with E-state index in [-0.39, 0.29) is 0 Å². The number of hydrogen-bond acceptors (Lipinski definition) is 4. The van der Waals surface area contributed by atoms with Gasteiger partial charge in [0, 0.05) is 14.2 Å². The topological polar surface area (TPSA) is 55.8 Å². The average molecular weight is 230 g/mol. The number of aliphatic hydroxyl groups is 1. The number of rotatable bonds is 4. The van der Waals surface area contributed by atoms with Crippen LogP contribution < -0.4 is 0 Å². The van der Waals surface area contributed by atoms with Gasteiger partial charge in [0.2, 0.25) is 0 Å². The second kappa shape index (κ2) is 4.90. The third-order valence-electron chi connectivity index (χ3n) is 2.28. The van der Waals surface area contributed by atoms with E-state index in [0.717, 1.165) is 5.56 Å². The van der Waals surface area contributed by atoms with E-state index in [0.29, 0.717) is 5.56 Å². The smallest absolute Gasteiger partial charge is 0.362 e. The highest BCUT2D eigenvalue weighted by Gasteiger charge is 2.34. The van der Waals surface area contributed by atoms with Crippen LogP contribution in [0.25, 0.3) is 0 Å². The van der Waals surface area contributed by atoms with Gasteiger partial charge in [0.25, 0.3) is 0 Å². The van der Waals surface area contributed by atoms with Crippen LogP contribution in [0.4, 0.5) is 0 Å². The van der Waals surface area contributed by atoms with Crippen LogP contribution in [0.2, 0.25) is 0 Å². The molecule has 0 spiro atoms. The SMILES string of the molecule is COP(=O)(OC)C(O)c1ccccc1C. The molecule has 1 aromatic carbocycles. The lowest BCUT2D eigenvalue weighted by atomic mass is 10.1. The first-order chi connectivity index (χ1) is 7.05. The maximum atomic E-state index is 11.9. The highest BCUT2D eigenvalue weighted by molar-refractivity contribution is 7.54. The zero-order valence-corrected chi connectivity index (χ0v) is 9.90. The Labute approximate surface area is 89.4 Å². The molecule has 15 heavy (non-hydrogen) atoms. The van der Waals surface area contributed by atoms with Gasteiger partial charge in [-0.25, -0.2) is 0 Å². The lowest BCUT2D eigenvalue weighted by Crippen LogP contribution is -2.04. The van der Waals surface area contributed by atoms with Crippen LogP contribution in [-0.2, 0) is 13.6 Å². The van der Waals surface area contributed by atoms with Gasteiger partial charge in [0.1, 0.15) is 0 Å². The van der Waals surface area contributed by atoms with E-state index in [1.807, 2.05) is 19.1 Å². The van der Waals surface area contributed by atoms with Crippen molar-refractivity contribution in [2.45, 2.75) is 12.8 Å². The Kier molecular flexibility index (Phi) is 4.05. The van der Waals surface area contributed by atoms with Crippen molar-refractivity contribution in [1.82, 2.24) is 0 Å². The Hall–Kier alpha value is -0.670. The molecule has 0 saturated carbocycles. The van der Waals surface area contributed by atoms with Gasteiger partial charge in [0.15, 0.2) is 5.85 Å². The molecule has 1 unspecified atom stereocenters. The largest absolute Gasteiger partial charge is 0.376 e. The second-order valence-corrected chi connectivity index (χ2v) is 5.43. The van der Waals surface area contributed by atoms with Crippen molar-refractivity contribution in [3.8, 4) is 0 Å². The molecule has 1 rings (SSSR count). The summed E-state index contributed by atoms with van der Waals surface area (Å²) in [6.07, 6.45) is 0. The first-order valence-corrected chi connectivity index (χ1v) is 6.11. The molecule has 1 atom stereocenters. The summed E-state index contributed by atoms with van der Waals surface area (Å²) < 4.78 is 21.4. The van der Waals surface area contributed by atoms with E-state index in [9.17, 15) is 9.67 Å². The Morgan fingerprint density at radius 3 is 2.27 bits per heavy atom. The molecule has 0 aliphatic carbocycles. The van der Waals surface area contributed by atoms with Gasteiger partial charge >= 0.3 is 7.60 Å². The zero-order chi connectivity index (χ0) is 11.5. The van der Waals surface area contributed by atoms with Crippen LogP contribution in [-0.4, -0.2) is 19.3 Å². The Morgan fingerprint density at radius 2 is 1.80 bits per heavy atom. The lowest BCUT2D eigenvalue weighted by Gasteiger charge is -2.21. The summed E-state index contributed by atoms with van der Waals surface area (Å²) in [6, 6.07) is 7.14.